The number of hydrogen-bond acceptors (Lipinski definition) is 5. The summed E-state index contributed by atoms with van der Waals surface area (Å²) in [5.74, 6) is 0.509. The highest BCUT2D eigenvalue weighted by Crippen LogP contribution is 2.45. The van der Waals surface area contributed by atoms with Crippen LogP contribution in [0.3, 0.4) is 0 Å². The van der Waals surface area contributed by atoms with Crippen molar-refractivity contribution in [3.63, 3.8) is 0 Å². The number of nitrogens with one attached hydrogen (secondary N) is 1. The highest BCUT2D eigenvalue weighted by molar-refractivity contribution is 7.21. The Morgan fingerprint density at radius 3 is 2.55 bits per heavy atom. The minimum absolute atomic E-state index is 0.161. The van der Waals surface area contributed by atoms with Crippen molar-refractivity contribution < 1.29 is 0 Å². The summed E-state index contributed by atoms with van der Waals surface area (Å²) in [4.78, 5) is 10.9. The molecule has 3 aliphatic rings. The van der Waals surface area contributed by atoms with E-state index < -0.39 is 0 Å². The smallest absolute Gasteiger partial charge is 0.106 e. The van der Waals surface area contributed by atoms with Gasteiger partial charge in [-0.25, -0.2) is 4.98 Å². The van der Waals surface area contributed by atoms with Crippen LogP contribution < -0.4 is 15.2 Å². The largest absolute Gasteiger partial charge is 0.372 e. The molecule has 0 fully saturated rings. The lowest BCUT2D eigenvalue weighted by atomic mass is 9.80. The Kier molecular flexibility index (Phi) is 5.06. The summed E-state index contributed by atoms with van der Waals surface area (Å²) in [6.07, 6.45) is 1.15. The molecular weight excluding hydrogens is 376 g/mol. The van der Waals surface area contributed by atoms with E-state index in [1.54, 1.807) is 11.3 Å². The van der Waals surface area contributed by atoms with Gasteiger partial charge in [-0.15, -0.1) is 11.3 Å². The van der Waals surface area contributed by atoms with E-state index in [4.69, 9.17) is 10.4 Å². The van der Waals surface area contributed by atoms with Crippen molar-refractivity contribution in [3.8, 4) is 10.6 Å². The third-order valence-electron chi connectivity index (χ3n) is 6.42. The number of aromatic nitrogens is 1. The average Bonchev–Trinajstić information content (AvgIpc) is 2.66. The van der Waals surface area contributed by atoms with E-state index >= 15 is 0 Å². The molecule has 154 valence electrons. The Hall–Kier alpha value is -2.14. The number of hydrogen-bond donors (Lipinski definition) is 1. The van der Waals surface area contributed by atoms with Crippen LogP contribution in [0.5, 0.6) is 0 Å². The molecule has 5 heteroatoms. The molecular formula is C24H32N4S. The minimum atomic E-state index is 0.161. The van der Waals surface area contributed by atoms with Crippen molar-refractivity contribution in [2.24, 2.45) is 0 Å². The topological polar surface area (TPSA) is 43.2 Å². The molecule has 1 atom stereocenters. The van der Waals surface area contributed by atoms with Crippen LogP contribution in [0.2, 0.25) is 0 Å². The zero-order valence-electron chi connectivity index (χ0n) is 18.5. The van der Waals surface area contributed by atoms with Crippen LogP contribution in [0.1, 0.15) is 59.4 Å². The molecule has 4 rings (SSSR count). The number of fused-ring (bicyclic) bond motifs is 3. The first-order chi connectivity index (χ1) is 13.8. The first-order valence-corrected chi connectivity index (χ1v) is 11.6. The van der Waals surface area contributed by atoms with Gasteiger partial charge in [-0.3, -0.25) is 5.41 Å². The predicted molar refractivity (Wildman–Crippen MR) is 126 cm³/mol. The number of rotatable bonds is 4. The zero-order valence-corrected chi connectivity index (χ0v) is 19.3. The first-order valence-electron chi connectivity index (χ1n) is 10.8. The second-order valence-corrected chi connectivity index (χ2v) is 9.85. The van der Waals surface area contributed by atoms with Crippen molar-refractivity contribution in [3.05, 3.63) is 35.2 Å². The van der Waals surface area contributed by atoms with Gasteiger partial charge in [0.1, 0.15) is 5.69 Å². The van der Waals surface area contributed by atoms with E-state index in [1.165, 1.54) is 16.0 Å². The lowest BCUT2D eigenvalue weighted by Gasteiger charge is -2.47. The van der Waals surface area contributed by atoms with E-state index in [1.807, 2.05) is 6.07 Å². The molecule has 2 aliphatic heterocycles. The second kappa shape index (κ2) is 7.28. The molecule has 1 N–H and O–H groups in total. The van der Waals surface area contributed by atoms with Crippen molar-refractivity contribution in [2.45, 2.75) is 59.4 Å². The lowest BCUT2D eigenvalue weighted by Crippen LogP contribution is -2.48. The third kappa shape index (κ3) is 3.29. The summed E-state index contributed by atoms with van der Waals surface area (Å²) >= 11 is 1.77. The van der Waals surface area contributed by atoms with Gasteiger partial charge in [0.05, 0.1) is 20.5 Å². The van der Waals surface area contributed by atoms with Gasteiger partial charge in [-0.05, 0) is 76.8 Å². The second-order valence-electron chi connectivity index (χ2n) is 8.77. The molecule has 4 nitrogen and oxygen atoms in total. The molecule has 1 aromatic carbocycles. The molecule has 0 saturated carbocycles. The van der Waals surface area contributed by atoms with Gasteiger partial charge in [0.15, 0.2) is 0 Å². The third-order valence-corrected chi connectivity index (χ3v) is 7.50. The fourth-order valence-electron chi connectivity index (χ4n) is 5.06. The van der Waals surface area contributed by atoms with Crippen LogP contribution in [0.15, 0.2) is 24.3 Å². The van der Waals surface area contributed by atoms with Gasteiger partial charge in [-0.1, -0.05) is 6.92 Å². The van der Waals surface area contributed by atoms with Crippen LogP contribution >= 0.6 is 11.3 Å². The molecule has 0 radical (unpaired) electrons. The average molecular weight is 409 g/mol. The van der Waals surface area contributed by atoms with Crippen molar-refractivity contribution >= 4 is 32.9 Å². The quantitative estimate of drug-likeness (QED) is 0.552. The summed E-state index contributed by atoms with van der Waals surface area (Å²) in [5, 5.41) is 9.09. The maximum Gasteiger partial charge on any atom is 0.106 e. The van der Waals surface area contributed by atoms with Gasteiger partial charge in [0, 0.05) is 36.5 Å². The molecule has 0 bridgehead atoms. The Morgan fingerprint density at radius 2 is 1.90 bits per heavy atom. The van der Waals surface area contributed by atoms with E-state index in [-0.39, 0.29) is 5.54 Å². The number of anilines is 2. The van der Waals surface area contributed by atoms with E-state index in [2.05, 4.69) is 69.5 Å². The molecule has 0 spiro atoms. The molecule has 0 saturated heterocycles. The van der Waals surface area contributed by atoms with Crippen molar-refractivity contribution in [1.82, 2.24) is 4.98 Å². The molecule has 1 aromatic rings. The molecule has 2 heterocycles. The number of benzene rings is 2. The van der Waals surface area contributed by atoms with E-state index in [0.717, 1.165) is 47.8 Å². The maximum atomic E-state index is 8.57. The Morgan fingerprint density at radius 1 is 1.17 bits per heavy atom. The summed E-state index contributed by atoms with van der Waals surface area (Å²) in [6.45, 7) is 16.5. The Labute approximate surface area is 178 Å². The highest BCUT2D eigenvalue weighted by atomic mass is 32.1. The minimum Gasteiger partial charge on any atom is -0.372 e. The van der Waals surface area contributed by atoms with Crippen LogP contribution in [0, 0.1) is 5.41 Å². The van der Waals surface area contributed by atoms with Crippen LogP contribution in [-0.4, -0.2) is 30.2 Å². The van der Waals surface area contributed by atoms with Gasteiger partial charge < -0.3 is 9.80 Å². The van der Waals surface area contributed by atoms with Gasteiger partial charge in [0.2, 0.25) is 0 Å². The number of nitrogens with zero attached hydrogens (tertiary/aromatic N) is 3. The fourth-order valence-corrected chi connectivity index (χ4v) is 6.11. The summed E-state index contributed by atoms with van der Waals surface area (Å²) < 4.78 is 1.20. The normalized spacial score (nSPS) is 18.3. The molecule has 0 amide bonds. The Bertz CT molecular complexity index is 1080. The van der Waals surface area contributed by atoms with Crippen LogP contribution in [-0.2, 0) is 0 Å². The van der Waals surface area contributed by atoms with E-state index in [0.29, 0.717) is 11.3 Å². The molecule has 1 aliphatic carbocycles. The highest BCUT2D eigenvalue weighted by Gasteiger charge is 2.35. The predicted octanol–water partition coefficient (Wildman–Crippen LogP) is 5.84. The summed E-state index contributed by atoms with van der Waals surface area (Å²) in [7, 11) is 0. The Balaban J connectivity index is 1.95. The van der Waals surface area contributed by atoms with E-state index in [9.17, 15) is 0 Å². The standard InChI is InChI=1S/C24H32N4S/c1-7-27(8-2)16-10-18(25)23-22(11-16)29-21-13-20-17(12-19(21)26-23)15(4)14-24(5,6)28(20)9-3/h10-13,15,25H,7-9,14H2,1-6H3. The summed E-state index contributed by atoms with van der Waals surface area (Å²) in [6, 6.07) is 8.79. The van der Waals surface area contributed by atoms with Crippen molar-refractivity contribution in [1.29, 1.82) is 5.41 Å². The SMILES string of the molecule is CCN(CC)c1cc2sc3cc4c(cc3nc-2c(=N)c1)C(C)CC(C)(C)N4CC. The van der Waals surface area contributed by atoms with Gasteiger partial charge in [-0.2, -0.15) is 0 Å². The monoisotopic (exact) mass is 408 g/mol. The maximum absolute atomic E-state index is 8.57. The zero-order chi connectivity index (χ0) is 20.9. The summed E-state index contributed by atoms with van der Waals surface area (Å²) in [5.41, 5.74) is 5.86. The van der Waals surface area contributed by atoms with Gasteiger partial charge in [0.25, 0.3) is 0 Å². The van der Waals surface area contributed by atoms with Gasteiger partial charge >= 0.3 is 0 Å². The fraction of sp³-hybridized carbons (Fsp3) is 0.500. The lowest BCUT2D eigenvalue weighted by molar-refractivity contribution is 0.382. The van der Waals surface area contributed by atoms with Crippen molar-refractivity contribution in [2.75, 3.05) is 29.4 Å². The molecule has 1 unspecified atom stereocenters. The van der Waals surface area contributed by atoms with Crippen LogP contribution in [0.4, 0.5) is 11.4 Å². The van der Waals surface area contributed by atoms with Crippen LogP contribution in [0.25, 0.3) is 20.8 Å². The first kappa shape index (κ1) is 20.1. The molecule has 29 heavy (non-hydrogen) atoms. The molecule has 0 aromatic heterocycles.